The summed E-state index contributed by atoms with van der Waals surface area (Å²) >= 11 is 6.38. The Kier molecular flexibility index (Phi) is 3.53. The third kappa shape index (κ3) is 2.07. The predicted molar refractivity (Wildman–Crippen MR) is 75.3 cm³/mol. The second kappa shape index (κ2) is 4.81. The summed E-state index contributed by atoms with van der Waals surface area (Å²) in [5, 5.41) is 5.26. The summed E-state index contributed by atoms with van der Waals surface area (Å²) in [6.45, 7) is 9.30. The SMILES string of the molecule is CCc1nn(C)c(Cn2cc(C)c(C)c2C)c1Cl. The molecule has 0 aliphatic heterocycles. The van der Waals surface area contributed by atoms with Crippen LogP contribution in [0, 0.1) is 20.8 Å². The summed E-state index contributed by atoms with van der Waals surface area (Å²) in [5.41, 5.74) is 6.02. The van der Waals surface area contributed by atoms with Crippen LogP contribution in [0.3, 0.4) is 0 Å². The van der Waals surface area contributed by atoms with Gasteiger partial charge < -0.3 is 4.57 Å². The van der Waals surface area contributed by atoms with E-state index >= 15 is 0 Å². The van der Waals surface area contributed by atoms with E-state index in [0.29, 0.717) is 0 Å². The smallest absolute Gasteiger partial charge is 0.0868 e. The minimum atomic E-state index is 0.781. The average Bonchev–Trinajstić information content (AvgIpc) is 2.74. The predicted octanol–water partition coefficient (Wildman–Crippen LogP) is 3.41. The maximum atomic E-state index is 6.38. The van der Waals surface area contributed by atoms with Crippen LogP contribution in [0.2, 0.25) is 5.02 Å². The molecular weight excluding hydrogens is 246 g/mol. The number of halogens is 1. The molecule has 2 rings (SSSR count). The minimum Gasteiger partial charge on any atom is -0.345 e. The summed E-state index contributed by atoms with van der Waals surface area (Å²) in [4.78, 5) is 0. The Balaban J connectivity index is 2.40. The van der Waals surface area contributed by atoms with Crippen LogP contribution in [0.15, 0.2) is 6.20 Å². The molecule has 0 saturated carbocycles. The molecule has 2 aromatic heterocycles. The van der Waals surface area contributed by atoms with Crippen molar-refractivity contribution in [1.82, 2.24) is 14.3 Å². The van der Waals surface area contributed by atoms with Crippen molar-refractivity contribution >= 4 is 11.6 Å². The molecule has 2 heterocycles. The molecule has 0 aliphatic rings. The molecule has 0 spiro atoms. The highest BCUT2D eigenvalue weighted by molar-refractivity contribution is 6.31. The van der Waals surface area contributed by atoms with E-state index in [1.165, 1.54) is 16.8 Å². The van der Waals surface area contributed by atoms with Gasteiger partial charge in [-0.05, 0) is 38.3 Å². The number of aromatic nitrogens is 3. The average molecular weight is 266 g/mol. The van der Waals surface area contributed by atoms with Gasteiger partial charge in [0, 0.05) is 18.9 Å². The van der Waals surface area contributed by atoms with Gasteiger partial charge in [0.25, 0.3) is 0 Å². The van der Waals surface area contributed by atoms with E-state index in [0.717, 1.165) is 29.4 Å². The van der Waals surface area contributed by atoms with E-state index in [-0.39, 0.29) is 0 Å². The largest absolute Gasteiger partial charge is 0.345 e. The Hall–Kier alpha value is -1.22. The quantitative estimate of drug-likeness (QED) is 0.834. The molecule has 0 aliphatic carbocycles. The fraction of sp³-hybridized carbons (Fsp3) is 0.500. The molecule has 0 amide bonds. The number of aryl methyl sites for hydroxylation is 3. The summed E-state index contributed by atoms with van der Waals surface area (Å²) in [6, 6.07) is 0. The van der Waals surface area contributed by atoms with Crippen molar-refractivity contribution in [3.8, 4) is 0 Å². The van der Waals surface area contributed by atoms with Crippen molar-refractivity contribution in [1.29, 1.82) is 0 Å². The van der Waals surface area contributed by atoms with Crippen molar-refractivity contribution in [2.24, 2.45) is 7.05 Å². The van der Waals surface area contributed by atoms with Crippen LogP contribution in [-0.4, -0.2) is 14.3 Å². The van der Waals surface area contributed by atoms with Crippen molar-refractivity contribution in [3.63, 3.8) is 0 Å². The highest BCUT2D eigenvalue weighted by atomic mass is 35.5. The third-order valence-corrected chi connectivity index (χ3v) is 4.17. The molecule has 0 atom stereocenters. The minimum absolute atomic E-state index is 0.781. The fourth-order valence-electron chi connectivity index (χ4n) is 2.25. The maximum absolute atomic E-state index is 6.38. The van der Waals surface area contributed by atoms with E-state index in [4.69, 9.17) is 11.6 Å². The Morgan fingerprint density at radius 2 is 1.94 bits per heavy atom. The molecule has 18 heavy (non-hydrogen) atoms. The van der Waals surface area contributed by atoms with Gasteiger partial charge in [-0.1, -0.05) is 18.5 Å². The molecule has 0 aromatic carbocycles. The third-order valence-electron chi connectivity index (χ3n) is 3.74. The van der Waals surface area contributed by atoms with Gasteiger partial charge in [-0.15, -0.1) is 0 Å². The molecule has 3 nitrogen and oxygen atoms in total. The summed E-state index contributed by atoms with van der Waals surface area (Å²) < 4.78 is 4.14. The van der Waals surface area contributed by atoms with Crippen molar-refractivity contribution in [2.45, 2.75) is 40.7 Å². The summed E-state index contributed by atoms with van der Waals surface area (Å²) in [5.74, 6) is 0. The van der Waals surface area contributed by atoms with Crippen molar-refractivity contribution in [2.75, 3.05) is 0 Å². The molecule has 0 fully saturated rings. The summed E-state index contributed by atoms with van der Waals surface area (Å²) in [6.07, 6.45) is 3.05. The van der Waals surface area contributed by atoms with Crippen molar-refractivity contribution in [3.05, 3.63) is 39.4 Å². The van der Waals surface area contributed by atoms with E-state index in [9.17, 15) is 0 Å². The van der Waals surface area contributed by atoms with Gasteiger partial charge in [0.2, 0.25) is 0 Å². The lowest BCUT2D eigenvalue weighted by Gasteiger charge is -2.07. The number of hydrogen-bond donors (Lipinski definition) is 0. The molecule has 0 bridgehead atoms. The van der Waals surface area contributed by atoms with Gasteiger partial charge in [0.05, 0.1) is 23.0 Å². The Labute approximate surface area is 113 Å². The molecule has 2 aromatic rings. The normalized spacial score (nSPS) is 11.2. The molecule has 0 unspecified atom stereocenters. The molecule has 0 N–H and O–H groups in total. The van der Waals surface area contributed by atoms with E-state index in [2.05, 4.69) is 43.6 Å². The van der Waals surface area contributed by atoms with Crippen LogP contribution in [0.5, 0.6) is 0 Å². The van der Waals surface area contributed by atoms with Crippen LogP contribution in [0.25, 0.3) is 0 Å². The topological polar surface area (TPSA) is 22.8 Å². The summed E-state index contributed by atoms with van der Waals surface area (Å²) in [7, 11) is 1.96. The first-order valence-corrected chi connectivity index (χ1v) is 6.66. The monoisotopic (exact) mass is 265 g/mol. The van der Waals surface area contributed by atoms with Crippen LogP contribution in [-0.2, 0) is 20.0 Å². The van der Waals surface area contributed by atoms with Gasteiger partial charge >= 0.3 is 0 Å². The molecule has 98 valence electrons. The van der Waals surface area contributed by atoms with Crippen LogP contribution < -0.4 is 0 Å². The lowest BCUT2D eigenvalue weighted by Crippen LogP contribution is -2.06. The second-order valence-corrected chi connectivity index (χ2v) is 5.21. The highest BCUT2D eigenvalue weighted by Crippen LogP contribution is 2.23. The van der Waals surface area contributed by atoms with Crippen LogP contribution >= 0.6 is 11.6 Å². The standard InChI is InChI=1S/C14H20ClN3/c1-6-12-14(15)13(17(5)16-12)8-18-7-9(2)10(3)11(18)4/h7H,6,8H2,1-5H3. The second-order valence-electron chi connectivity index (χ2n) is 4.83. The molecular formula is C14H20ClN3. The Bertz CT molecular complexity index is 578. The first kappa shape index (κ1) is 13.2. The van der Waals surface area contributed by atoms with Gasteiger partial charge in [-0.2, -0.15) is 5.10 Å². The van der Waals surface area contributed by atoms with E-state index in [1.807, 2.05) is 11.7 Å². The van der Waals surface area contributed by atoms with Crippen LogP contribution in [0.4, 0.5) is 0 Å². The lowest BCUT2D eigenvalue weighted by atomic mass is 10.2. The lowest BCUT2D eigenvalue weighted by molar-refractivity contribution is 0.654. The zero-order chi connectivity index (χ0) is 13.4. The number of nitrogens with zero attached hydrogens (tertiary/aromatic N) is 3. The molecule has 4 heteroatoms. The van der Waals surface area contributed by atoms with Gasteiger partial charge in [-0.3, -0.25) is 4.68 Å². The van der Waals surface area contributed by atoms with Gasteiger partial charge in [-0.25, -0.2) is 0 Å². The Morgan fingerprint density at radius 1 is 1.28 bits per heavy atom. The first-order chi connectivity index (χ1) is 8.45. The first-order valence-electron chi connectivity index (χ1n) is 6.28. The number of hydrogen-bond acceptors (Lipinski definition) is 1. The van der Waals surface area contributed by atoms with Gasteiger partial charge in [0.15, 0.2) is 0 Å². The van der Waals surface area contributed by atoms with Crippen LogP contribution in [0.1, 0.15) is 35.1 Å². The zero-order valence-electron chi connectivity index (χ0n) is 11.7. The Morgan fingerprint density at radius 3 is 2.39 bits per heavy atom. The van der Waals surface area contributed by atoms with E-state index < -0.39 is 0 Å². The highest BCUT2D eigenvalue weighted by Gasteiger charge is 2.14. The van der Waals surface area contributed by atoms with Gasteiger partial charge in [0.1, 0.15) is 0 Å². The fourth-order valence-corrected chi connectivity index (χ4v) is 2.60. The van der Waals surface area contributed by atoms with Crippen molar-refractivity contribution < 1.29 is 0 Å². The number of rotatable bonds is 3. The zero-order valence-corrected chi connectivity index (χ0v) is 12.5. The molecule has 0 radical (unpaired) electrons. The maximum Gasteiger partial charge on any atom is 0.0868 e. The van der Waals surface area contributed by atoms with E-state index in [1.54, 1.807) is 0 Å². The molecule has 0 saturated heterocycles.